The van der Waals surface area contributed by atoms with Gasteiger partial charge in [0.15, 0.2) is 0 Å². The van der Waals surface area contributed by atoms with Crippen molar-refractivity contribution in [1.29, 1.82) is 0 Å². The first-order chi connectivity index (χ1) is 10.1. The van der Waals surface area contributed by atoms with Gasteiger partial charge in [0.05, 0.1) is 0 Å². The Balaban J connectivity index is 0.00000242. The third-order valence-electron chi connectivity index (χ3n) is 4.35. The molecule has 0 aliphatic carbocycles. The summed E-state index contributed by atoms with van der Waals surface area (Å²) in [5, 5.41) is 3.07. The van der Waals surface area contributed by atoms with Gasteiger partial charge in [-0.25, -0.2) is 0 Å². The van der Waals surface area contributed by atoms with Crippen LogP contribution in [0.15, 0.2) is 24.3 Å². The third-order valence-corrected chi connectivity index (χ3v) is 4.35. The number of nitrogens with zero attached hydrogens (tertiary/aromatic N) is 2. The zero-order chi connectivity index (χ0) is 15.2. The van der Waals surface area contributed by atoms with Gasteiger partial charge in [0, 0.05) is 44.8 Å². The van der Waals surface area contributed by atoms with Gasteiger partial charge in [-0.3, -0.25) is 4.79 Å². The summed E-state index contributed by atoms with van der Waals surface area (Å²) in [7, 11) is 3.79. The number of nitrogens with one attached hydrogen (secondary N) is 1. The fraction of sp³-hybridized carbons (Fsp3) is 0.588. The summed E-state index contributed by atoms with van der Waals surface area (Å²) in [4.78, 5) is 16.4. The summed E-state index contributed by atoms with van der Waals surface area (Å²) in [6.45, 7) is 4.67. The molecule has 0 saturated carbocycles. The van der Waals surface area contributed by atoms with Gasteiger partial charge < -0.3 is 15.1 Å². The molecule has 1 aromatic carbocycles. The standard InChI is InChI=1S/C17H27N3O.2ClH/c1-14-8-9-15-6-4-5-7-16(15)20(14)12-10-17(21)19(3)13-11-18-2;;/h4-7,14,18H,8-13H2,1-3H3;2*1H. The van der Waals surface area contributed by atoms with Crippen LogP contribution in [0.4, 0.5) is 5.69 Å². The van der Waals surface area contributed by atoms with Crippen molar-refractivity contribution >= 4 is 36.4 Å². The molecule has 1 amide bonds. The van der Waals surface area contributed by atoms with E-state index in [0.29, 0.717) is 12.5 Å². The maximum atomic E-state index is 12.2. The molecule has 6 heteroatoms. The monoisotopic (exact) mass is 361 g/mol. The zero-order valence-corrected chi connectivity index (χ0v) is 15.9. The number of aryl methyl sites for hydroxylation is 1. The van der Waals surface area contributed by atoms with Crippen LogP contribution < -0.4 is 10.2 Å². The van der Waals surface area contributed by atoms with E-state index in [1.54, 1.807) is 0 Å². The van der Waals surface area contributed by atoms with Gasteiger partial charge in [-0.15, -0.1) is 24.8 Å². The van der Waals surface area contributed by atoms with Crippen molar-refractivity contribution in [3.63, 3.8) is 0 Å². The molecular weight excluding hydrogens is 333 g/mol. The van der Waals surface area contributed by atoms with Crippen LogP contribution in [0.2, 0.25) is 0 Å². The highest BCUT2D eigenvalue weighted by molar-refractivity contribution is 5.85. The maximum Gasteiger partial charge on any atom is 0.224 e. The summed E-state index contributed by atoms with van der Waals surface area (Å²) in [6.07, 6.45) is 2.89. The van der Waals surface area contributed by atoms with Gasteiger partial charge in [0.25, 0.3) is 0 Å². The number of anilines is 1. The predicted molar refractivity (Wildman–Crippen MR) is 102 cm³/mol. The van der Waals surface area contributed by atoms with E-state index in [2.05, 4.69) is 41.4 Å². The lowest BCUT2D eigenvalue weighted by atomic mass is 9.96. The van der Waals surface area contributed by atoms with Gasteiger partial charge >= 0.3 is 0 Å². The van der Waals surface area contributed by atoms with E-state index >= 15 is 0 Å². The predicted octanol–water partition coefficient (Wildman–Crippen LogP) is 2.74. The third kappa shape index (κ3) is 5.87. The van der Waals surface area contributed by atoms with E-state index in [0.717, 1.165) is 26.1 Å². The molecule has 23 heavy (non-hydrogen) atoms. The molecule has 0 fully saturated rings. The first-order valence-electron chi connectivity index (χ1n) is 7.86. The quantitative estimate of drug-likeness (QED) is 0.845. The minimum absolute atomic E-state index is 0. The van der Waals surface area contributed by atoms with Crippen LogP contribution in [-0.4, -0.2) is 50.6 Å². The fourth-order valence-corrected chi connectivity index (χ4v) is 2.91. The Bertz CT molecular complexity index is 485. The van der Waals surface area contributed by atoms with Crippen molar-refractivity contribution in [3.8, 4) is 0 Å². The summed E-state index contributed by atoms with van der Waals surface area (Å²) >= 11 is 0. The van der Waals surface area contributed by atoms with Crippen LogP contribution in [0.25, 0.3) is 0 Å². The lowest BCUT2D eigenvalue weighted by Gasteiger charge is -2.37. The highest BCUT2D eigenvalue weighted by Crippen LogP contribution is 2.30. The molecule has 0 saturated heterocycles. The molecule has 0 spiro atoms. The second kappa shape index (κ2) is 10.7. The largest absolute Gasteiger partial charge is 0.368 e. The van der Waals surface area contributed by atoms with Crippen molar-refractivity contribution in [2.24, 2.45) is 0 Å². The van der Waals surface area contributed by atoms with Crippen LogP contribution >= 0.6 is 24.8 Å². The lowest BCUT2D eigenvalue weighted by Crippen LogP contribution is -2.41. The lowest BCUT2D eigenvalue weighted by molar-refractivity contribution is -0.129. The number of benzene rings is 1. The van der Waals surface area contributed by atoms with Crippen LogP contribution in [0.5, 0.6) is 0 Å². The normalized spacial score (nSPS) is 16.0. The zero-order valence-electron chi connectivity index (χ0n) is 14.2. The summed E-state index contributed by atoms with van der Waals surface area (Å²) in [6, 6.07) is 9.08. The Morgan fingerprint density at radius 3 is 2.74 bits per heavy atom. The Labute approximate surface area is 152 Å². The number of carbonyl (C=O) groups excluding carboxylic acids is 1. The molecule has 1 atom stereocenters. The van der Waals surface area contributed by atoms with Crippen molar-refractivity contribution in [2.75, 3.05) is 38.6 Å². The molecule has 4 nitrogen and oxygen atoms in total. The van der Waals surface area contributed by atoms with Crippen molar-refractivity contribution in [2.45, 2.75) is 32.2 Å². The number of likely N-dealkylation sites (N-methyl/N-ethyl adjacent to an activating group) is 2. The molecule has 1 aliphatic heterocycles. The van der Waals surface area contributed by atoms with Gasteiger partial charge in [-0.2, -0.15) is 0 Å². The van der Waals surface area contributed by atoms with Crippen LogP contribution in [0.1, 0.15) is 25.3 Å². The highest BCUT2D eigenvalue weighted by atomic mass is 35.5. The average molecular weight is 362 g/mol. The van der Waals surface area contributed by atoms with Gasteiger partial charge in [0.2, 0.25) is 5.91 Å². The maximum absolute atomic E-state index is 12.2. The molecule has 0 radical (unpaired) electrons. The van der Waals surface area contributed by atoms with E-state index in [4.69, 9.17) is 0 Å². The topological polar surface area (TPSA) is 35.6 Å². The molecular formula is C17H29Cl2N3O. The minimum Gasteiger partial charge on any atom is -0.368 e. The van der Waals surface area contributed by atoms with Crippen molar-refractivity contribution in [1.82, 2.24) is 10.2 Å². The molecule has 1 aliphatic rings. The Kier molecular flexibility index (Phi) is 10.3. The number of fused-ring (bicyclic) bond motifs is 1. The molecule has 1 unspecified atom stereocenters. The summed E-state index contributed by atoms with van der Waals surface area (Å²) in [5.41, 5.74) is 2.72. The number of carbonyl (C=O) groups is 1. The van der Waals surface area contributed by atoms with Crippen LogP contribution in [-0.2, 0) is 11.2 Å². The fourth-order valence-electron chi connectivity index (χ4n) is 2.91. The second-order valence-corrected chi connectivity index (χ2v) is 5.88. The van der Waals surface area contributed by atoms with Gasteiger partial charge in [-0.1, -0.05) is 18.2 Å². The summed E-state index contributed by atoms with van der Waals surface area (Å²) in [5.74, 6) is 0.223. The summed E-state index contributed by atoms with van der Waals surface area (Å²) < 4.78 is 0. The molecule has 2 rings (SSSR count). The Hall–Kier alpha value is -0.970. The Morgan fingerprint density at radius 1 is 1.35 bits per heavy atom. The number of halogens is 2. The smallest absolute Gasteiger partial charge is 0.224 e. The van der Waals surface area contributed by atoms with Gasteiger partial charge in [-0.05, 0) is 38.4 Å². The van der Waals surface area contributed by atoms with Gasteiger partial charge in [0.1, 0.15) is 0 Å². The Morgan fingerprint density at radius 2 is 2.04 bits per heavy atom. The van der Waals surface area contributed by atoms with E-state index in [1.165, 1.54) is 17.7 Å². The number of hydrogen-bond donors (Lipinski definition) is 1. The molecule has 1 aromatic rings. The minimum atomic E-state index is 0. The van der Waals surface area contributed by atoms with Crippen molar-refractivity contribution in [3.05, 3.63) is 29.8 Å². The number of para-hydroxylation sites is 1. The second-order valence-electron chi connectivity index (χ2n) is 5.88. The molecule has 132 valence electrons. The average Bonchev–Trinajstić information content (AvgIpc) is 2.51. The molecule has 1 heterocycles. The van der Waals surface area contributed by atoms with E-state index in [1.807, 2.05) is 19.0 Å². The van der Waals surface area contributed by atoms with Crippen LogP contribution in [0, 0.1) is 0 Å². The number of amides is 1. The van der Waals surface area contributed by atoms with Crippen molar-refractivity contribution < 1.29 is 4.79 Å². The SMILES string of the molecule is CNCCN(C)C(=O)CCN1c2ccccc2CCC1C.Cl.Cl. The molecule has 0 aromatic heterocycles. The van der Waals surface area contributed by atoms with E-state index < -0.39 is 0 Å². The first-order valence-corrected chi connectivity index (χ1v) is 7.86. The number of hydrogen-bond acceptors (Lipinski definition) is 3. The van der Waals surface area contributed by atoms with E-state index in [9.17, 15) is 4.79 Å². The van der Waals surface area contributed by atoms with E-state index in [-0.39, 0.29) is 30.7 Å². The molecule has 0 bridgehead atoms. The molecule has 1 N–H and O–H groups in total. The highest BCUT2D eigenvalue weighted by Gasteiger charge is 2.23. The van der Waals surface area contributed by atoms with Crippen LogP contribution in [0.3, 0.4) is 0 Å². The number of rotatable bonds is 6. The first kappa shape index (κ1) is 22.0.